The molecule has 1 aromatic heterocycles. The molecule has 3 rings (SSSR count). The second-order valence-electron chi connectivity index (χ2n) is 5.94. The van der Waals surface area contributed by atoms with E-state index < -0.39 is 30.4 Å². The zero-order valence-corrected chi connectivity index (χ0v) is 17.0. The number of carbonyl (C=O) groups is 4. The van der Waals surface area contributed by atoms with E-state index in [0.29, 0.717) is 17.1 Å². The van der Waals surface area contributed by atoms with Gasteiger partial charge in [0.25, 0.3) is 5.91 Å². The molecule has 0 bridgehead atoms. The fraction of sp³-hybridized carbons (Fsp3) is 0.263. The third kappa shape index (κ3) is 4.20. The van der Waals surface area contributed by atoms with Gasteiger partial charge in [-0.2, -0.15) is 0 Å². The van der Waals surface area contributed by atoms with Crippen LogP contribution in [-0.2, 0) is 19.0 Å². The Kier molecular flexibility index (Phi) is 6.21. The van der Waals surface area contributed by atoms with E-state index in [4.69, 9.17) is 18.9 Å². The number of esters is 3. The molecule has 2 aromatic rings. The molecule has 30 heavy (non-hydrogen) atoms. The summed E-state index contributed by atoms with van der Waals surface area (Å²) in [6, 6.07) is 4.49. The van der Waals surface area contributed by atoms with Crippen molar-refractivity contribution < 1.29 is 42.9 Å². The van der Waals surface area contributed by atoms with E-state index in [9.17, 15) is 19.2 Å². The van der Waals surface area contributed by atoms with E-state index in [2.05, 4.69) is 10.1 Å². The van der Waals surface area contributed by atoms with Gasteiger partial charge < -0.3 is 29.0 Å². The zero-order valence-electron chi connectivity index (χ0n) is 16.2. The lowest BCUT2D eigenvalue weighted by atomic mass is 10.1. The van der Waals surface area contributed by atoms with Crippen LogP contribution in [0.4, 0.5) is 5.00 Å². The molecule has 2 heterocycles. The summed E-state index contributed by atoms with van der Waals surface area (Å²) in [6.07, 6.45) is 0. The van der Waals surface area contributed by atoms with Gasteiger partial charge in [0.15, 0.2) is 18.1 Å². The SMILES string of the molecule is COC(=O)c1sc(NC(=O)COC(=O)c2ccc3c(c2)OCO3)c(C(=O)OC)c1C. The topological polar surface area (TPSA) is 126 Å². The van der Waals surface area contributed by atoms with Crippen molar-refractivity contribution in [2.45, 2.75) is 6.92 Å². The first-order valence-electron chi connectivity index (χ1n) is 8.52. The summed E-state index contributed by atoms with van der Waals surface area (Å²) >= 11 is 0.857. The van der Waals surface area contributed by atoms with Crippen LogP contribution in [0, 0.1) is 6.92 Å². The average Bonchev–Trinajstić information content (AvgIpc) is 3.34. The smallest absolute Gasteiger partial charge is 0.348 e. The highest BCUT2D eigenvalue weighted by Crippen LogP contribution is 2.34. The van der Waals surface area contributed by atoms with E-state index >= 15 is 0 Å². The Bertz CT molecular complexity index is 1030. The summed E-state index contributed by atoms with van der Waals surface area (Å²) < 4.78 is 24.8. The first-order valence-corrected chi connectivity index (χ1v) is 9.34. The van der Waals surface area contributed by atoms with E-state index in [1.807, 2.05) is 0 Å². The van der Waals surface area contributed by atoms with Crippen LogP contribution in [-0.4, -0.2) is 51.4 Å². The highest BCUT2D eigenvalue weighted by atomic mass is 32.1. The molecule has 0 aliphatic carbocycles. The van der Waals surface area contributed by atoms with E-state index in [-0.39, 0.29) is 27.8 Å². The van der Waals surface area contributed by atoms with Crippen molar-refractivity contribution in [3.63, 3.8) is 0 Å². The van der Waals surface area contributed by atoms with Gasteiger partial charge >= 0.3 is 17.9 Å². The van der Waals surface area contributed by atoms with Gasteiger partial charge in [0, 0.05) is 0 Å². The summed E-state index contributed by atoms with van der Waals surface area (Å²) in [5, 5.41) is 2.55. The van der Waals surface area contributed by atoms with Gasteiger partial charge in [0.2, 0.25) is 6.79 Å². The number of ether oxygens (including phenoxy) is 5. The molecule has 1 N–H and O–H groups in total. The second kappa shape index (κ2) is 8.82. The maximum absolute atomic E-state index is 12.3. The maximum Gasteiger partial charge on any atom is 0.348 e. The molecule has 0 unspecified atom stereocenters. The third-order valence-corrected chi connectivity index (χ3v) is 5.29. The highest BCUT2D eigenvalue weighted by Gasteiger charge is 2.27. The van der Waals surface area contributed by atoms with Crippen LogP contribution in [0.3, 0.4) is 0 Å². The molecule has 10 nitrogen and oxygen atoms in total. The number of amides is 1. The molecule has 0 fully saturated rings. The monoisotopic (exact) mass is 435 g/mol. The van der Waals surface area contributed by atoms with Gasteiger partial charge in [-0.05, 0) is 30.7 Å². The number of rotatable bonds is 6. The molecule has 0 spiro atoms. The molecule has 158 valence electrons. The van der Waals surface area contributed by atoms with Crippen LogP contribution in [0.2, 0.25) is 0 Å². The minimum Gasteiger partial charge on any atom is -0.465 e. The van der Waals surface area contributed by atoms with Crippen molar-refractivity contribution in [3.8, 4) is 11.5 Å². The Hall–Kier alpha value is -3.60. The predicted molar refractivity (Wildman–Crippen MR) is 103 cm³/mol. The Morgan fingerprint density at radius 2 is 1.73 bits per heavy atom. The fourth-order valence-corrected chi connectivity index (χ4v) is 3.77. The summed E-state index contributed by atoms with van der Waals surface area (Å²) in [7, 11) is 2.38. The van der Waals surface area contributed by atoms with E-state index in [1.165, 1.54) is 33.3 Å². The van der Waals surface area contributed by atoms with Crippen molar-refractivity contribution in [2.75, 3.05) is 32.9 Å². The summed E-state index contributed by atoms with van der Waals surface area (Å²) in [4.78, 5) is 48.5. The van der Waals surface area contributed by atoms with Gasteiger partial charge in [-0.3, -0.25) is 4.79 Å². The van der Waals surface area contributed by atoms with Crippen LogP contribution in [0.5, 0.6) is 11.5 Å². The van der Waals surface area contributed by atoms with Crippen molar-refractivity contribution in [2.24, 2.45) is 0 Å². The normalized spacial score (nSPS) is 11.6. The van der Waals surface area contributed by atoms with Gasteiger partial charge in [0.1, 0.15) is 9.88 Å². The van der Waals surface area contributed by atoms with Crippen LogP contribution >= 0.6 is 11.3 Å². The van der Waals surface area contributed by atoms with Crippen molar-refractivity contribution in [3.05, 3.63) is 39.8 Å². The molecule has 11 heteroatoms. The number of carbonyl (C=O) groups excluding carboxylic acids is 4. The summed E-state index contributed by atoms with van der Waals surface area (Å²) in [6.45, 7) is 0.981. The lowest BCUT2D eigenvalue weighted by Crippen LogP contribution is -2.21. The van der Waals surface area contributed by atoms with E-state index in [1.54, 1.807) is 6.07 Å². The van der Waals surface area contributed by atoms with Crippen LogP contribution in [0.1, 0.15) is 36.0 Å². The predicted octanol–water partition coefficient (Wildman–Crippen LogP) is 2.15. The standard InChI is InChI=1S/C19H17NO9S/c1-9-14(18(23)25-2)16(30-15(9)19(24)26-3)20-13(21)7-27-17(22)10-4-5-11-12(6-10)29-8-28-11/h4-6H,7-8H2,1-3H3,(H,20,21). The largest absolute Gasteiger partial charge is 0.465 e. The fourth-order valence-electron chi connectivity index (χ4n) is 2.64. The maximum atomic E-state index is 12.3. The minimum absolute atomic E-state index is 0.0262. The lowest BCUT2D eigenvalue weighted by Gasteiger charge is -2.07. The van der Waals surface area contributed by atoms with Crippen LogP contribution < -0.4 is 14.8 Å². The molecular formula is C19H17NO9S. The Morgan fingerprint density at radius 3 is 2.43 bits per heavy atom. The van der Waals surface area contributed by atoms with Gasteiger partial charge in [-0.1, -0.05) is 0 Å². The molecule has 0 saturated heterocycles. The Labute approximate surface area is 174 Å². The zero-order chi connectivity index (χ0) is 21.8. The minimum atomic E-state index is -0.741. The Balaban J connectivity index is 1.69. The van der Waals surface area contributed by atoms with Gasteiger partial charge in [-0.25, -0.2) is 14.4 Å². The number of hydrogen-bond acceptors (Lipinski definition) is 10. The first kappa shape index (κ1) is 21.1. The summed E-state index contributed by atoms with van der Waals surface area (Å²) in [5.41, 5.74) is 0.520. The second-order valence-corrected chi connectivity index (χ2v) is 6.96. The van der Waals surface area contributed by atoms with Crippen LogP contribution in [0.15, 0.2) is 18.2 Å². The molecule has 1 aliphatic rings. The number of hydrogen-bond donors (Lipinski definition) is 1. The third-order valence-electron chi connectivity index (χ3n) is 4.10. The molecular weight excluding hydrogens is 418 g/mol. The van der Waals surface area contributed by atoms with Crippen molar-refractivity contribution >= 4 is 40.2 Å². The first-order chi connectivity index (χ1) is 14.3. The highest BCUT2D eigenvalue weighted by molar-refractivity contribution is 7.18. The molecule has 0 radical (unpaired) electrons. The number of nitrogens with one attached hydrogen (secondary N) is 1. The Morgan fingerprint density at radius 1 is 1.03 bits per heavy atom. The van der Waals surface area contributed by atoms with Crippen LogP contribution in [0.25, 0.3) is 0 Å². The van der Waals surface area contributed by atoms with E-state index in [0.717, 1.165) is 11.3 Å². The number of methoxy groups -OCH3 is 2. The van der Waals surface area contributed by atoms with Crippen molar-refractivity contribution in [1.82, 2.24) is 0 Å². The number of benzene rings is 1. The molecule has 1 aliphatic heterocycles. The number of anilines is 1. The summed E-state index contributed by atoms with van der Waals surface area (Å²) in [5.74, 6) is -1.92. The van der Waals surface area contributed by atoms with Gasteiger partial charge in [0.05, 0.1) is 25.3 Å². The molecule has 1 amide bonds. The lowest BCUT2D eigenvalue weighted by molar-refractivity contribution is -0.119. The van der Waals surface area contributed by atoms with Crippen molar-refractivity contribution in [1.29, 1.82) is 0 Å². The van der Waals surface area contributed by atoms with Gasteiger partial charge in [-0.15, -0.1) is 11.3 Å². The average molecular weight is 435 g/mol. The molecule has 0 atom stereocenters. The quantitative estimate of drug-likeness (QED) is 0.536. The molecule has 0 saturated carbocycles. The number of fused-ring (bicyclic) bond motifs is 1. The molecule has 1 aromatic carbocycles. The number of thiophene rings is 1.